The van der Waals surface area contributed by atoms with Gasteiger partial charge in [-0.2, -0.15) is 0 Å². The van der Waals surface area contributed by atoms with E-state index in [0.29, 0.717) is 11.8 Å². The van der Waals surface area contributed by atoms with Crippen molar-refractivity contribution in [1.82, 2.24) is 4.98 Å². The topological polar surface area (TPSA) is 51.5 Å². The first-order chi connectivity index (χ1) is 9.56. The van der Waals surface area contributed by atoms with E-state index in [4.69, 9.17) is 0 Å². The van der Waals surface area contributed by atoms with Gasteiger partial charge in [-0.05, 0) is 31.2 Å². The van der Waals surface area contributed by atoms with Crippen molar-refractivity contribution in [3.05, 3.63) is 65.5 Å². The number of hydrogen-bond acceptors (Lipinski definition) is 4. The van der Waals surface area contributed by atoms with Gasteiger partial charge in [-0.15, -0.1) is 0 Å². The highest BCUT2D eigenvalue weighted by Crippen LogP contribution is 2.10. The quantitative estimate of drug-likeness (QED) is 0.492. The van der Waals surface area contributed by atoms with Crippen molar-refractivity contribution in [1.29, 1.82) is 0 Å². The molecular formula is C14H10F2N2O2. The van der Waals surface area contributed by atoms with Crippen LogP contribution in [-0.2, 0) is 4.84 Å². The van der Waals surface area contributed by atoms with Gasteiger partial charge in [0.2, 0.25) is 0 Å². The maximum Gasteiger partial charge on any atom is 0.365 e. The number of pyridine rings is 1. The fourth-order valence-electron chi connectivity index (χ4n) is 1.48. The third-order valence-corrected chi connectivity index (χ3v) is 2.46. The fraction of sp³-hybridized carbons (Fsp3) is 0.0714. The molecule has 2 aromatic rings. The number of carbonyl (C=O) groups is 1. The van der Waals surface area contributed by atoms with Crippen LogP contribution in [0.5, 0.6) is 0 Å². The molecule has 0 fully saturated rings. The number of benzene rings is 1. The lowest BCUT2D eigenvalue weighted by molar-refractivity contribution is 0.0515. The predicted molar refractivity (Wildman–Crippen MR) is 68.2 cm³/mol. The van der Waals surface area contributed by atoms with Crippen molar-refractivity contribution in [2.24, 2.45) is 5.16 Å². The minimum absolute atomic E-state index is 0.242. The highest BCUT2D eigenvalue weighted by molar-refractivity contribution is 5.99. The van der Waals surface area contributed by atoms with Gasteiger partial charge in [-0.25, -0.2) is 13.6 Å². The molecule has 4 nitrogen and oxygen atoms in total. The lowest BCUT2D eigenvalue weighted by atomic mass is 10.2. The van der Waals surface area contributed by atoms with Gasteiger partial charge >= 0.3 is 5.97 Å². The maximum absolute atomic E-state index is 13.0. The van der Waals surface area contributed by atoms with Crippen LogP contribution in [0.1, 0.15) is 22.8 Å². The van der Waals surface area contributed by atoms with Crippen LogP contribution >= 0.6 is 0 Å². The maximum atomic E-state index is 13.0. The molecule has 0 saturated carbocycles. The van der Waals surface area contributed by atoms with E-state index in [-0.39, 0.29) is 5.56 Å². The molecule has 0 aliphatic rings. The zero-order valence-electron chi connectivity index (χ0n) is 10.5. The van der Waals surface area contributed by atoms with Crippen molar-refractivity contribution in [3.8, 4) is 0 Å². The Hall–Kier alpha value is -2.63. The molecule has 20 heavy (non-hydrogen) atoms. The average molecular weight is 276 g/mol. The van der Waals surface area contributed by atoms with Crippen molar-refractivity contribution in [2.45, 2.75) is 6.92 Å². The fourth-order valence-corrected chi connectivity index (χ4v) is 1.48. The molecule has 1 aromatic heterocycles. The molecule has 0 saturated heterocycles. The first kappa shape index (κ1) is 13.8. The second-order valence-corrected chi connectivity index (χ2v) is 3.95. The molecule has 0 aliphatic carbocycles. The summed E-state index contributed by atoms with van der Waals surface area (Å²) in [4.78, 5) is 20.1. The molecule has 0 unspecified atom stereocenters. The first-order valence-corrected chi connectivity index (χ1v) is 5.68. The number of carbonyl (C=O) groups excluding carboxylic acids is 1. The summed E-state index contributed by atoms with van der Waals surface area (Å²) in [5.41, 5.74) is 0.921. The Kier molecular flexibility index (Phi) is 4.14. The van der Waals surface area contributed by atoms with E-state index in [1.807, 2.05) is 0 Å². The van der Waals surface area contributed by atoms with Gasteiger partial charge in [-0.1, -0.05) is 5.16 Å². The molecule has 2 rings (SSSR count). The van der Waals surface area contributed by atoms with Crippen LogP contribution in [0.4, 0.5) is 8.78 Å². The molecule has 0 aliphatic heterocycles. The lowest BCUT2D eigenvalue weighted by Gasteiger charge is -2.01. The highest BCUT2D eigenvalue weighted by atomic mass is 19.1. The van der Waals surface area contributed by atoms with Crippen LogP contribution in [0.15, 0.2) is 47.9 Å². The number of aromatic nitrogens is 1. The molecule has 0 amide bonds. The number of halogens is 2. The van der Waals surface area contributed by atoms with Crippen LogP contribution in [0.3, 0.4) is 0 Å². The SMILES string of the molecule is C/C(=N\OC(=O)c1cc(F)cc(F)c1)c1ccncc1. The van der Waals surface area contributed by atoms with Gasteiger partial charge in [0, 0.05) is 24.0 Å². The Morgan fingerprint density at radius 3 is 2.30 bits per heavy atom. The highest BCUT2D eigenvalue weighted by Gasteiger charge is 2.11. The second kappa shape index (κ2) is 6.01. The van der Waals surface area contributed by atoms with E-state index in [2.05, 4.69) is 15.0 Å². The van der Waals surface area contributed by atoms with Crippen LogP contribution in [0.2, 0.25) is 0 Å². The predicted octanol–water partition coefficient (Wildman–Crippen LogP) is 2.94. The Morgan fingerprint density at radius 1 is 1.10 bits per heavy atom. The standard InChI is InChI=1S/C14H10F2N2O2/c1-9(10-2-4-17-5-3-10)18-20-14(19)11-6-12(15)8-13(16)7-11/h2-8H,1H3/b18-9+. The van der Waals surface area contributed by atoms with Crippen molar-refractivity contribution < 1.29 is 18.4 Å². The molecule has 0 radical (unpaired) electrons. The van der Waals surface area contributed by atoms with Crippen LogP contribution < -0.4 is 0 Å². The summed E-state index contributed by atoms with van der Waals surface area (Å²) in [5, 5.41) is 3.62. The van der Waals surface area contributed by atoms with E-state index in [0.717, 1.165) is 17.7 Å². The summed E-state index contributed by atoms with van der Waals surface area (Å²) in [6.45, 7) is 1.63. The Labute approximate surface area is 113 Å². The Bertz CT molecular complexity index is 637. The molecule has 0 atom stereocenters. The van der Waals surface area contributed by atoms with Gasteiger partial charge < -0.3 is 4.84 Å². The summed E-state index contributed by atoms with van der Waals surface area (Å²) in [6, 6.07) is 5.80. The average Bonchev–Trinajstić information content (AvgIpc) is 2.44. The molecular weight excluding hydrogens is 266 g/mol. The van der Waals surface area contributed by atoms with Crippen LogP contribution in [-0.4, -0.2) is 16.7 Å². The van der Waals surface area contributed by atoms with Crippen molar-refractivity contribution >= 4 is 11.7 Å². The number of hydrogen-bond donors (Lipinski definition) is 0. The summed E-state index contributed by atoms with van der Waals surface area (Å²) in [7, 11) is 0. The molecule has 102 valence electrons. The summed E-state index contributed by atoms with van der Waals surface area (Å²) >= 11 is 0. The largest absolute Gasteiger partial charge is 0.365 e. The summed E-state index contributed by atoms with van der Waals surface area (Å²) < 4.78 is 25.9. The number of rotatable bonds is 3. The second-order valence-electron chi connectivity index (χ2n) is 3.95. The van der Waals surface area contributed by atoms with Gasteiger partial charge in [0.1, 0.15) is 11.6 Å². The van der Waals surface area contributed by atoms with Gasteiger partial charge in [0.25, 0.3) is 0 Å². The third kappa shape index (κ3) is 3.44. The zero-order chi connectivity index (χ0) is 14.5. The Balaban J connectivity index is 2.12. The molecule has 0 bridgehead atoms. The third-order valence-electron chi connectivity index (χ3n) is 2.46. The first-order valence-electron chi connectivity index (χ1n) is 5.68. The van der Waals surface area contributed by atoms with Gasteiger partial charge in [0.05, 0.1) is 11.3 Å². The van der Waals surface area contributed by atoms with E-state index < -0.39 is 17.6 Å². The smallest absolute Gasteiger partial charge is 0.313 e. The minimum Gasteiger partial charge on any atom is -0.313 e. The lowest BCUT2D eigenvalue weighted by Crippen LogP contribution is -2.05. The summed E-state index contributed by atoms with van der Waals surface area (Å²) in [5.74, 6) is -2.64. The van der Waals surface area contributed by atoms with Crippen LogP contribution in [0, 0.1) is 11.6 Å². The minimum atomic E-state index is -0.934. The van der Waals surface area contributed by atoms with E-state index in [9.17, 15) is 13.6 Å². The molecule has 0 spiro atoms. The van der Waals surface area contributed by atoms with E-state index >= 15 is 0 Å². The molecule has 0 N–H and O–H groups in total. The van der Waals surface area contributed by atoms with Gasteiger partial charge in [0.15, 0.2) is 0 Å². The Morgan fingerprint density at radius 2 is 1.70 bits per heavy atom. The number of nitrogens with zero attached hydrogens (tertiary/aromatic N) is 2. The van der Waals surface area contributed by atoms with E-state index in [1.54, 1.807) is 31.5 Å². The monoisotopic (exact) mass is 276 g/mol. The van der Waals surface area contributed by atoms with Gasteiger partial charge in [-0.3, -0.25) is 4.98 Å². The van der Waals surface area contributed by atoms with Crippen LogP contribution in [0.25, 0.3) is 0 Å². The molecule has 6 heteroatoms. The normalized spacial score (nSPS) is 11.2. The van der Waals surface area contributed by atoms with E-state index in [1.165, 1.54) is 0 Å². The molecule has 1 heterocycles. The zero-order valence-corrected chi connectivity index (χ0v) is 10.5. The summed E-state index contributed by atoms with van der Waals surface area (Å²) in [6.07, 6.45) is 3.14. The molecule has 1 aromatic carbocycles. The van der Waals surface area contributed by atoms with Crippen molar-refractivity contribution in [2.75, 3.05) is 0 Å². The van der Waals surface area contributed by atoms with Crippen molar-refractivity contribution in [3.63, 3.8) is 0 Å². The number of oxime groups is 1.